The molecular formula is C30H25ClN4O5. The van der Waals surface area contributed by atoms with Gasteiger partial charge in [-0.15, -0.1) is 10.2 Å². The summed E-state index contributed by atoms with van der Waals surface area (Å²) in [5.74, 6) is -0.0524. The number of methoxy groups -OCH3 is 2. The van der Waals surface area contributed by atoms with Gasteiger partial charge in [0.25, 0.3) is 5.91 Å². The molecule has 0 unspecified atom stereocenters. The van der Waals surface area contributed by atoms with Crippen molar-refractivity contribution in [2.45, 2.75) is 13.5 Å². The third-order valence-electron chi connectivity index (χ3n) is 7.16. The highest BCUT2D eigenvalue weighted by Gasteiger charge is 2.31. The third-order valence-corrected chi connectivity index (χ3v) is 7.39. The number of aromatic nitrogens is 3. The molecule has 3 aromatic carbocycles. The minimum atomic E-state index is -0.600. The summed E-state index contributed by atoms with van der Waals surface area (Å²) in [7, 11) is 2.92. The van der Waals surface area contributed by atoms with Gasteiger partial charge in [0.15, 0.2) is 5.69 Å². The lowest BCUT2D eigenvalue weighted by molar-refractivity contribution is 0.0595. The number of carbonyl (C=O) groups is 2. The number of ether oxygens (including phenoxy) is 3. The number of anilines is 1. The molecule has 40 heavy (non-hydrogen) atoms. The number of aromatic amines is 1. The fourth-order valence-electron chi connectivity index (χ4n) is 5.20. The second-order valence-electron chi connectivity index (χ2n) is 9.45. The quantitative estimate of drug-likeness (QED) is 0.202. The molecule has 10 heteroatoms. The molecule has 5 aromatic rings. The van der Waals surface area contributed by atoms with E-state index >= 15 is 0 Å². The fourth-order valence-corrected chi connectivity index (χ4v) is 5.37. The van der Waals surface area contributed by atoms with E-state index < -0.39 is 5.97 Å². The molecule has 0 radical (unpaired) electrons. The predicted molar refractivity (Wildman–Crippen MR) is 152 cm³/mol. The second kappa shape index (κ2) is 10.3. The van der Waals surface area contributed by atoms with Crippen LogP contribution < -0.4 is 9.64 Å². The minimum Gasteiger partial charge on any atom is -0.491 e. The van der Waals surface area contributed by atoms with Gasteiger partial charge in [-0.05, 0) is 48.4 Å². The van der Waals surface area contributed by atoms with Crippen LogP contribution in [0.3, 0.4) is 0 Å². The van der Waals surface area contributed by atoms with Crippen LogP contribution in [0.5, 0.6) is 5.75 Å². The average molecular weight is 557 g/mol. The first-order chi connectivity index (χ1) is 19.4. The third kappa shape index (κ3) is 4.24. The maximum absolute atomic E-state index is 13.3. The average Bonchev–Trinajstić information content (AvgIpc) is 3.50. The summed E-state index contributed by atoms with van der Waals surface area (Å²) in [5, 5.41) is 10.9. The number of rotatable bonds is 7. The van der Waals surface area contributed by atoms with Crippen LogP contribution in [0.15, 0.2) is 54.6 Å². The van der Waals surface area contributed by atoms with Gasteiger partial charge >= 0.3 is 5.97 Å². The largest absolute Gasteiger partial charge is 0.491 e. The number of esters is 1. The van der Waals surface area contributed by atoms with E-state index in [9.17, 15) is 9.59 Å². The van der Waals surface area contributed by atoms with Crippen molar-refractivity contribution in [2.24, 2.45) is 0 Å². The van der Waals surface area contributed by atoms with E-state index in [0.29, 0.717) is 47.3 Å². The summed E-state index contributed by atoms with van der Waals surface area (Å²) < 4.78 is 15.8. The lowest BCUT2D eigenvalue weighted by atomic mass is 9.99. The molecule has 2 aromatic heterocycles. The van der Waals surface area contributed by atoms with Gasteiger partial charge in [0, 0.05) is 45.8 Å². The molecule has 0 saturated carbocycles. The van der Waals surface area contributed by atoms with Crippen LogP contribution in [0.4, 0.5) is 5.69 Å². The highest BCUT2D eigenvalue weighted by molar-refractivity contribution is 6.31. The first kappa shape index (κ1) is 25.8. The lowest BCUT2D eigenvalue weighted by Crippen LogP contribution is -2.24. The van der Waals surface area contributed by atoms with Gasteiger partial charge in [0.05, 0.1) is 31.3 Å². The van der Waals surface area contributed by atoms with E-state index in [4.69, 9.17) is 25.8 Å². The van der Waals surface area contributed by atoms with Crippen molar-refractivity contribution >= 4 is 51.0 Å². The van der Waals surface area contributed by atoms with Gasteiger partial charge in [-0.2, -0.15) is 0 Å². The van der Waals surface area contributed by atoms with Crippen LogP contribution in [-0.4, -0.2) is 54.5 Å². The van der Waals surface area contributed by atoms with E-state index in [-0.39, 0.29) is 11.6 Å². The molecule has 1 amide bonds. The Kier molecular flexibility index (Phi) is 6.61. The van der Waals surface area contributed by atoms with Crippen molar-refractivity contribution in [1.29, 1.82) is 0 Å². The SMILES string of the molecule is COCCOc1ccc2c(c1)[nH]c1c(C(=O)OC)nnc(-c3cccc(N4Cc5ccc(Cl)cc5C4=O)c3C)c12. The standard InChI is InChI=1S/C30H25ClN4O5/c1-16-20(5-4-6-24(16)35-15-17-7-8-18(31)13-22(17)29(35)36)26-25-21-10-9-19(40-12-11-38-2)14-23(21)32-27(25)28(34-33-26)30(37)39-3/h4-10,13-14,32H,11-12,15H2,1-3H3. The monoisotopic (exact) mass is 556 g/mol. The van der Waals surface area contributed by atoms with Crippen LogP contribution in [0, 0.1) is 6.92 Å². The maximum atomic E-state index is 13.3. The molecule has 1 aliphatic heterocycles. The van der Waals surface area contributed by atoms with Crippen LogP contribution in [0.2, 0.25) is 5.02 Å². The van der Waals surface area contributed by atoms with E-state index in [1.54, 1.807) is 24.1 Å². The fraction of sp³-hybridized carbons (Fsp3) is 0.200. The molecule has 0 atom stereocenters. The Labute approximate surface area is 234 Å². The summed E-state index contributed by atoms with van der Waals surface area (Å²) in [4.78, 5) is 31.0. The molecule has 0 saturated heterocycles. The second-order valence-corrected chi connectivity index (χ2v) is 9.89. The van der Waals surface area contributed by atoms with Gasteiger partial charge in [-0.1, -0.05) is 29.8 Å². The Morgan fingerprint density at radius 3 is 2.70 bits per heavy atom. The number of carbonyl (C=O) groups excluding carboxylic acids is 2. The number of hydrogen-bond donors (Lipinski definition) is 1. The molecule has 0 spiro atoms. The lowest BCUT2D eigenvalue weighted by Gasteiger charge is -2.20. The van der Waals surface area contributed by atoms with Crippen LogP contribution in [-0.2, 0) is 16.0 Å². The Bertz CT molecular complexity index is 1820. The molecule has 1 N–H and O–H groups in total. The number of hydrogen-bond acceptors (Lipinski definition) is 7. The van der Waals surface area contributed by atoms with Crippen LogP contribution in [0.25, 0.3) is 33.1 Å². The Morgan fingerprint density at radius 2 is 1.90 bits per heavy atom. The molecule has 0 bridgehead atoms. The maximum Gasteiger partial charge on any atom is 0.360 e. The number of nitrogens with zero attached hydrogens (tertiary/aromatic N) is 3. The molecular weight excluding hydrogens is 532 g/mol. The molecule has 202 valence electrons. The van der Waals surface area contributed by atoms with E-state index in [1.165, 1.54) is 7.11 Å². The zero-order valence-electron chi connectivity index (χ0n) is 22.1. The zero-order valence-corrected chi connectivity index (χ0v) is 22.8. The number of nitrogens with one attached hydrogen (secondary N) is 1. The molecule has 0 fully saturated rings. The Morgan fingerprint density at radius 1 is 1.05 bits per heavy atom. The van der Waals surface area contributed by atoms with Crippen LogP contribution in [0.1, 0.15) is 32.0 Å². The first-order valence-corrected chi connectivity index (χ1v) is 13.0. The highest BCUT2D eigenvalue weighted by atomic mass is 35.5. The van der Waals surface area contributed by atoms with Gasteiger partial charge in [-0.25, -0.2) is 4.79 Å². The van der Waals surface area contributed by atoms with Gasteiger partial charge in [0.2, 0.25) is 0 Å². The predicted octanol–water partition coefficient (Wildman–Crippen LogP) is 5.71. The van der Waals surface area contributed by atoms with Crippen molar-refractivity contribution in [3.8, 4) is 17.0 Å². The van der Waals surface area contributed by atoms with Crippen molar-refractivity contribution in [3.05, 3.63) is 82.0 Å². The number of benzene rings is 3. The topological polar surface area (TPSA) is 107 Å². The Balaban J connectivity index is 1.50. The summed E-state index contributed by atoms with van der Waals surface area (Å²) in [5.41, 5.74) is 5.83. The minimum absolute atomic E-state index is 0.0788. The summed E-state index contributed by atoms with van der Waals surface area (Å²) in [6.07, 6.45) is 0. The van der Waals surface area contributed by atoms with Gasteiger partial charge < -0.3 is 24.1 Å². The normalized spacial score (nSPS) is 12.8. The van der Waals surface area contributed by atoms with Crippen molar-refractivity contribution < 1.29 is 23.8 Å². The molecule has 1 aliphatic rings. The summed E-state index contributed by atoms with van der Waals surface area (Å²) in [6.45, 7) is 3.26. The smallest absolute Gasteiger partial charge is 0.360 e. The zero-order chi connectivity index (χ0) is 28.0. The molecule has 9 nitrogen and oxygen atoms in total. The van der Waals surface area contributed by atoms with E-state index in [1.807, 2.05) is 49.4 Å². The van der Waals surface area contributed by atoms with Crippen LogP contribution >= 0.6 is 11.6 Å². The highest BCUT2D eigenvalue weighted by Crippen LogP contribution is 2.40. The number of fused-ring (bicyclic) bond motifs is 4. The summed E-state index contributed by atoms with van der Waals surface area (Å²) >= 11 is 6.16. The summed E-state index contributed by atoms with van der Waals surface area (Å²) in [6, 6.07) is 16.8. The van der Waals surface area contributed by atoms with Crippen molar-refractivity contribution in [3.63, 3.8) is 0 Å². The first-order valence-electron chi connectivity index (χ1n) is 12.6. The number of amides is 1. The van der Waals surface area contributed by atoms with E-state index in [0.717, 1.165) is 38.7 Å². The van der Waals surface area contributed by atoms with Crippen molar-refractivity contribution in [2.75, 3.05) is 32.3 Å². The molecule has 6 rings (SSSR count). The van der Waals surface area contributed by atoms with Crippen molar-refractivity contribution in [1.82, 2.24) is 15.2 Å². The Hall–Kier alpha value is -4.47. The van der Waals surface area contributed by atoms with Gasteiger partial charge in [-0.3, -0.25) is 4.79 Å². The molecule has 0 aliphatic carbocycles. The van der Waals surface area contributed by atoms with Gasteiger partial charge in [0.1, 0.15) is 18.1 Å². The number of halogens is 1. The molecule has 3 heterocycles. The number of H-pyrrole nitrogens is 1. The van der Waals surface area contributed by atoms with E-state index in [2.05, 4.69) is 15.2 Å².